The van der Waals surface area contributed by atoms with Crippen LogP contribution in [-0.4, -0.2) is 40.4 Å². The largest absolute Gasteiger partial charge is 0.496 e. The minimum absolute atomic E-state index is 0.0536. The zero-order valence-corrected chi connectivity index (χ0v) is 11.6. The van der Waals surface area contributed by atoms with Crippen molar-refractivity contribution in [1.82, 2.24) is 0 Å². The van der Waals surface area contributed by atoms with E-state index in [1.54, 1.807) is 14.2 Å². The van der Waals surface area contributed by atoms with Gasteiger partial charge in [0, 0.05) is 31.7 Å². The number of likely N-dealkylation sites (N-methyl/N-ethyl adjacent to an activating group) is 1. The van der Waals surface area contributed by atoms with Crippen LogP contribution in [0.1, 0.15) is 5.56 Å². The summed E-state index contributed by atoms with van der Waals surface area (Å²) in [7, 11) is 5.27. The molecule has 1 aromatic rings. The van der Waals surface area contributed by atoms with Crippen LogP contribution >= 0.6 is 0 Å². The van der Waals surface area contributed by atoms with Crippen LogP contribution in [-0.2, 0) is 0 Å². The Morgan fingerprint density at radius 2 is 1.94 bits per heavy atom. The maximum atomic E-state index is 5.86. The molecule has 0 fully saturated rings. The van der Waals surface area contributed by atoms with Crippen molar-refractivity contribution >= 4 is 5.69 Å². The Bertz CT molecular complexity index is 396. The smallest absolute Gasteiger partial charge is 0.148 e. The first kappa shape index (κ1) is 14.6. The van der Waals surface area contributed by atoms with E-state index in [1.807, 2.05) is 31.0 Å². The van der Waals surface area contributed by atoms with E-state index < -0.39 is 0 Å². The van der Waals surface area contributed by atoms with Gasteiger partial charge in [0.05, 0.1) is 19.9 Å². The van der Waals surface area contributed by atoms with E-state index in [2.05, 4.69) is 0 Å². The number of benzene rings is 1. The fourth-order valence-corrected chi connectivity index (χ4v) is 1.96. The number of anilines is 1. The summed E-state index contributed by atoms with van der Waals surface area (Å²) in [6, 6.07) is 3.84. The molecule has 0 aliphatic carbocycles. The van der Waals surface area contributed by atoms with Crippen molar-refractivity contribution in [2.75, 3.05) is 39.3 Å². The van der Waals surface area contributed by atoms with Gasteiger partial charge in [-0.25, -0.2) is 0 Å². The molecule has 5 heteroatoms. The van der Waals surface area contributed by atoms with Crippen LogP contribution in [0.15, 0.2) is 12.1 Å². The molecule has 0 aromatic heterocycles. The van der Waals surface area contributed by atoms with Gasteiger partial charge in [-0.2, -0.15) is 0 Å². The second-order valence-corrected chi connectivity index (χ2v) is 4.32. The predicted molar refractivity (Wildman–Crippen MR) is 74.6 cm³/mol. The molecule has 5 nitrogen and oxygen atoms in total. The summed E-state index contributed by atoms with van der Waals surface area (Å²) >= 11 is 0. The van der Waals surface area contributed by atoms with Crippen molar-refractivity contribution in [3.8, 4) is 11.5 Å². The van der Waals surface area contributed by atoms with Gasteiger partial charge in [-0.3, -0.25) is 0 Å². The molecule has 1 unspecified atom stereocenters. The lowest BCUT2D eigenvalue weighted by Crippen LogP contribution is -2.40. The van der Waals surface area contributed by atoms with Crippen LogP contribution in [0.4, 0.5) is 5.69 Å². The molecule has 0 radical (unpaired) electrons. The number of methoxy groups -OCH3 is 2. The third-order valence-corrected chi connectivity index (χ3v) is 2.98. The molecular weight excluding hydrogens is 230 g/mol. The molecule has 0 bridgehead atoms. The van der Waals surface area contributed by atoms with Crippen LogP contribution in [0.25, 0.3) is 0 Å². The van der Waals surface area contributed by atoms with Gasteiger partial charge in [-0.05, 0) is 19.1 Å². The van der Waals surface area contributed by atoms with Crippen LogP contribution in [0.2, 0.25) is 0 Å². The molecule has 102 valence electrons. The summed E-state index contributed by atoms with van der Waals surface area (Å²) in [5, 5.41) is 0. The Hall–Kier alpha value is -1.46. The lowest BCUT2D eigenvalue weighted by Gasteiger charge is -2.25. The number of ether oxygens (including phenoxy) is 2. The van der Waals surface area contributed by atoms with Gasteiger partial charge in [-0.15, -0.1) is 0 Å². The summed E-state index contributed by atoms with van der Waals surface area (Å²) in [6.45, 7) is 3.11. The number of hydrogen-bond acceptors (Lipinski definition) is 5. The van der Waals surface area contributed by atoms with E-state index in [0.29, 0.717) is 13.1 Å². The number of rotatable bonds is 6. The summed E-state index contributed by atoms with van der Waals surface area (Å²) in [5.41, 5.74) is 13.4. The van der Waals surface area contributed by atoms with Crippen molar-refractivity contribution in [1.29, 1.82) is 0 Å². The molecule has 0 saturated heterocycles. The van der Waals surface area contributed by atoms with Crippen LogP contribution in [0.3, 0.4) is 0 Å². The lowest BCUT2D eigenvalue weighted by molar-refractivity contribution is 0.389. The minimum atomic E-state index is -0.0536. The van der Waals surface area contributed by atoms with E-state index in [0.717, 1.165) is 22.7 Å². The molecule has 18 heavy (non-hydrogen) atoms. The molecule has 0 heterocycles. The first-order chi connectivity index (χ1) is 8.54. The van der Waals surface area contributed by atoms with Gasteiger partial charge in [0.1, 0.15) is 11.5 Å². The fourth-order valence-electron chi connectivity index (χ4n) is 1.96. The molecule has 0 saturated carbocycles. The molecule has 4 N–H and O–H groups in total. The summed E-state index contributed by atoms with van der Waals surface area (Å²) in [6.07, 6.45) is 0. The molecule has 1 atom stereocenters. The minimum Gasteiger partial charge on any atom is -0.496 e. The van der Waals surface area contributed by atoms with E-state index in [9.17, 15) is 0 Å². The third-order valence-electron chi connectivity index (χ3n) is 2.98. The van der Waals surface area contributed by atoms with E-state index in [4.69, 9.17) is 20.9 Å². The third kappa shape index (κ3) is 3.05. The first-order valence-electron chi connectivity index (χ1n) is 5.93. The van der Waals surface area contributed by atoms with E-state index in [-0.39, 0.29) is 6.04 Å². The average molecular weight is 253 g/mol. The highest BCUT2D eigenvalue weighted by atomic mass is 16.5. The van der Waals surface area contributed by atoms with Crippen molar-refractivity contribution in [3.05, 3.63) is 17.7 Å². The average Bonchev–Trinajstić information content (AvgIpc) is 2.37. The molecule has 0 aliphatic rings. The summed E-state index contributed by atoms with van der Waals surface area (Å²) < 4.78 is 10.7. The highest BCUT2D eigenvalue weighted by Crippen LogP contribution is 2.36. The topological polar surface area (TPSA) is 73.7 Å². The Kier molecular flexibility index (Phi) is 5.25. The molecule has 0 spiro atoms. The van der Waals surface area contributed by atoms with Crippen molar-refractivity contribution in [2.45, 2.75) is 13.0 Å². The second kappa shape index (κ2) is 6.47. The van der Waals surface area contributed by atoms with Crippen LogP contribution in [0.5, 0.6) is 11.5 Å². The van der Waals surface area contributed by atoms with Crippen molar-refractivity contribution in [2.24, 2.45) is 11.5 Å². The molecular formula is C13H23N3O2. The highest BCUT2D eigenvalue weighted by molar-refractivity contribution is 5.65. The van der Waals surface area contributed by atoms with Gasteiger partial charge in [0.25, 0.3) is 0 Å². The standard InChI is InChI=1S/C13H23N3O2/c1-9-12(17-3)6-5-11(13(9)18-4)16(2)8-10(15)7-14/h5-6,10H,7-8,14-15H2,1-4H3. The van der Waals surface area contributed by atoms with Gasteiger partial charge >= 0.3 is 0 Å². The van der Waals surface area contributed by atoms with Crippen LogP contribution in [0, 0.1) is 6.92 Å². The number of hydrogen-bond donors (Lipinski definition) is 2. The number of nitrogens with zero attached hydrogens (tertiary/aromatic N) is 1. The van der Waals surface area contributed by atoms with Crippen LogP contribution < -0.4 is 25.8 Å². The molecule has 1 rings (SSSR count). The van der Waals surface area contributed by atoms with E-state index >= 15 is 0 Å². The van der Waals surface area contributed by atoms with E-state index in [1.165, 1.54) is 0 Å². The predicted octanol–water partition coefficient (Wildman–Crippen LogP) is 0.734. The Balaban J connectivity index is 3.05. The normalized spacial score (nSPS) is 12.1. The van der Waals surface area contributed by atoms with Crippen molar-refractivity contribution < 1.29 is 9.47 Å². The lowest BCUT2D eigenvalue weighted by atomic mass is 10.1. The summed E-state index contributed by atoms with van der Waals surface area (Å²) in [4.78, 5) is 2.04. The molecule has 0 amide bonds. The number of nitrogens with two attached hydrogens (primary N) is 2. The molecule has 0 aliphatic heterocycles. The van der Waals surface area contributed by atoms with Gasteiger partial charge in [-0.1, -0.05) is 0 Å². The molecule has 1 aromatic carbocycles. The van der Waals surface area contributed by atoms with Gasteiger partial charge in [0.2, 0.25) is 0 Å². The zero-order chi connectivity index (χ0) is 13.7. The Labute approximate surface area is 109 Å². The summed E-state index contributed by atoms with van der Waals surface area (Å²) in [5.74, 6) is 1.62. The fraction of sp³-hybridized carbons (Fsp3) is 0.538. The van der Waals surface area contributed by atoms with Crippen molar-refractivity contribution in [3.63, 3.8) is 0 Å². The maximum absolute atomic E-state index is 5.86. The maximum Gasteiger partial charge on any atom is 0.148 e. The Morgan fingerprint density at radius 3 is 2.44 bits per heavy atom. The Morgan fingerprint density at radius 1 is 1.28 bits per heavy atom. The van der Waals surface area contributed by atoms with Gasteiger partial charge in [0.15, 0.2) is 0 Å². The first-order valence-corrected chi connectivity index (χ1v) is 5.93. The zero-order valence-electron chi connectivity index (χ0n) is 11.6. The second-order valence-electron chi connectivity index (χ2n) is 4.32. The monoisotopic (exact) mass is 253 g/mol. The quantitative estimate of drug-likeness (QED) is 0.782. The highest BCUT2D eigenvalue weighted by Gasteiger charge is 2.15. The van der Waals surface area contributed by atoms with Gasteiger partial charge < -0.3 is 25.8 Å². The SMILES string of the molecule is COc1ccc(N(C)CC(N)CN)c(OC)c1C.